The fourth-order valence-electron chi connectivity index (χ4n) is 2.14. The highest BCUT2D eigenvalue weighted by Gasteiger charge is 2.17. The predicted molar refractivity (Wildman–Crippen MR) is 83.4 cm³/mol. The third kappa shape index (κ3) is 4.21. The van der Waals surface area contributed by atoms with E-state index >= 15 is 0 Å². The average Bonchev–Trinajstić information content (AvgIpc) is 3.03. The Morgan fingerprint density at radius 2 is 2.08 bits per heavy atom. The Bertz CT molecular complexity index is 704. The van der Waals surface area contributed by atoms with Gasteiger partial charge in [0.1, 0.15) is 0 Å². The van der Waals surface area contributed by atoms with E-state index in [4.69, 9.17) is 4.74 Å². The number of carbonyl (C=O) groups is 1. The number of hydrogen-bond donors (Lipinski definition) is 1. The van der Waals surface area contributed by atoms with Crippen LogP contribution >= 0.6 is 0 Å². The van der Waals surface area contributed by atoms with Gasteiger partial charge in [-0.05, 0) is 38.1 Å². The van der Waals surface area contributed by atoms with Gasteiger partial charge < -0.3 is 14.8 Å². The van der Waals surface area contributed by atoms with Crippen LogP contribution in [0.2, 0.25) is 0 Å². The fourth-order valence-corrected chi connectivity index (χ4v) is 2.14. The summed E-state index contributed by atoms with van der Waals surface area (Å²) >= 11 is 0. The van der Waals surface area contributed by atoms with Crippen molar-refractivity contribution in [3.8, 4) is 11.5 Å². The fraction of sp³-hybridized carbons (Fsp3) is 0.375. The van der Waals surface area contributed by atoms with Crippen LogP contribution < -0.4 is 14.8 Å². The van der Waals surface area contributed by atoms with Crippen molar-refractivity contribution in [3.05, 3.63) is 41.7 Å². The number of aromatic nitrogens is 2. The van der Waals surface area contributed by atoms with Crippen LogP contribution in [-0.2, 0) is 6.54 Å². The maximum atomic E-state index is 12.3. The minimum atomic E-state index is -2.97. The zero-order valence-corrected chi connectivity index (χ0v) is 13.6. The standard InChI is InChI=1S/C16H19F2N3O3/c1-4-21-8-7-12(20-21)10(2)19-15(22)11-5-6-13(24-16(17)18)14(9-11)23-3/h5-10,16H,4H2,1-3H3,(H,19,22). The van der Waals surface area contributed by atoms with Gasteiger partial charge in [0.05, 0.1) is 18.8 Å². The van der Waals surface area contributed by atoms with Gasteiger partial charge in [-0.1, -0.05) is 0 Å². The monoisotopic (exact) mass is 339 g/mol. The molecule has 1 atom stereocenters. The van der Waals surface area contributed by atoms with Crippen LogP contribution in [0, 0.1) is 0 Å². The van der Waals surface area contributed by atoms with Gasteiger partial charge in [-0.2, -0.15) is 13.9 Å². The molecule has 24 heavy (non-hydrogen) atoms. The summed E-state index contributed by atoms with van der Waals surface area (Å²) in [4.78, 5) is 12.3. The highest BCUT2D eigenvalue weighted by molar-refractivity contribution is 5.95. The van der Waals surface area contributed by atoms with Crippen molar-refractivity contribution in [3.63, 3.8) is 0 Å². The van der Waals surface area contributed by atoms with Gasteiger partial charge >= 0.3 is 6.61 Å². The zero-order valence-electron chi connectivity index (χ0n) is 13.6. The lowest BCUT2D eigenvalue weighted by molar-refractivity contribution is -0.0512. The number of rotatable bonds is 7. The van der Waals surface area contributed by atoms with E-state index in [2.05, 4.69) is 15.2 Å². The first kappa shape index (κ1) is 17.7. The number of amides is 1. The number of hydrogen-bond acceptors (Lipinski definition) is 4. The maximum Gasteiger partial charge on any atom is 0.387 e. The van der Waals surface area contributed by atoms with Gasteiger partial charge in [-0.15, -0.1) is 0 Å². The lowest BCUT2D eigenvalue weighted by atomic mass is 10.1. The first-order valence-electron chi connectivity index (χ1n) is 7.41. The van der Waals surface area contributed by atoms with Crippen molar-refractivity contribution in [2.24, 2.45) is 0 Å². The molecule has 1 N–H and O–H groups in total. The maximum absolute atomic E-state index is 12.3. The Kier molecular flexibility index (Phi) is 5.73. The Morgan fingerprint density at radius 1 is 1.33 bits per heavy atom. The summed E-state index contributed by atoms with van der Waals surface area (Å²) in [7, 11) is 1.31. The first-order chi connectivity index (χ1) is 11.4. The highest BCUT2D eigenvalue weighted by Crippen LogP contribution is 2.29. The number of aryl methyl sites for hydroxylation is 1. The third-order valence-electron chi connectivity index (χ3n) is 3.42. The van der Waals surface area contributed by atoms with E-state index < -0.39 is 6.61 Å². The van der Waals surface area contributed by atoms with E-state index in [0.29, 0.717) is 0 Å². The minimum absolute atomic E-state index is 0.0610. The van der Waals surface area contributed by atoms with Gasteiger partial charge in [-0.3, -0.25) is 9.48 Å². The molecule has 0 saturated carbocycles. The number of alkyl halides is 2. The molecular weight excluding hydrogens is 320 g/mol. The lowest BCUT2D eigenvalue weighted by Gasteiger charge is -2.14. The largest absolute Gasteiger partial charge is 0.493 e. The number of methoxy groups -OCH3 is 1. The van der Waals surface area contributed by atoms with E-state index in [1.54, 1.807) is 4.68 Å². The molecule has 0 fully saturated rings. The van der Waals surface area contributed by atoms with Crippen LogP contribution in [0.4, 0.5) is 8.78 Å². The van der Waals surface area contributed by atoms with Gasteiger partial charge in [0.25, 0.3) is 5.91 Å². The molecule has 1 unspecified atom stereocenters. The smallest absolute Gasteiger partial charge is 0.387 e. The molecule has 130 valence electrons. The minimum Gasteiger partial charge on any atom is -0.493 e. The summed E-state index contributed by atoms with van der Waals surface area (Å²) in [6, 6.07) is 5.55. The number of ether oxygens (including phenoxy) is 2. The van der Waals surface area contributed by atoms with Gasteiger partial charge in [0, 0.05) is 18.3 Å². The SMILES string of the molecule is CCn1ccc(C(C)NC(=O)c2ccc(OC(F)F)c(OC)c2)n1. The molecule has 1 amide bonds. The Labute approximate surface area is 138 Å². The van der Waals surface area contributed by atoms with E-state index in [-0.39, 0.29) is 29.0 Å². The van der Waals surface area contributed by atoms with Crippen molar-refractivity contribution in [2.45, 2.75) is 33.0 Å². The second-order valence-corrected chi connectivity index (χ2v) is 5.04. The summed E-state index contributed by atoms with van der Waals surface area (Å²) in [6.07, 6.45) is 1.83. The summed E-state index contributed by atoms with van der Waals surface area (Å²) < 4.78 is 35.7. The Morgan fingerprint density at radius 3 is 2.67 bits per heavy atom. The quantitative estimate of drug-likeness (QED) is 0.842. The van der Waals surface area contributed by atoms with Gasteiger partial charge in [-0.25, -0.2) is 0 Å². The molecule has 2 aromatic rings. The average molecular weight is 339 g/mol. The zero-order chi connectivity index (χ0) is 17.7. The Balaban J connectivity index is 2.11. The molecule has 0 aliphatic rings. The summed E-state index contributed by atoms with van der Waals surface area (Å²) in [5.41, 5.74) is 1.00. The molecule has 6 nitrogen and oxygen atoms in total. The number of halogens is 2. The van der Waals surface area contributed by atoms with Crippen LogP contribution in [0.25, 0.3) is 0 Å². The molecule has 0 aliphatic carbocycles. The van der Waals surface area contributed by atoms with Crippen molar-refractivity contribution in [1.82, 2.24) is 15.1 Å². The second-order valence-electron chi connectivity index (χ2n) is 5.04. The van der Waals surface area contributed by atoms with Gasteiger partial charge in [0.15, 0.2) is 11.5 Å². The number of benzene rings is 1. The lowest BCUT2D eigenvalue weighted by Crippen LogP contribution is -2.27. The van der Waals surface area contributed by atoms with E-state index in [9.17, 15) is 13.6 Å². The van der Waals surface area contributed by atoms with Crippen molar-refractivity contribution >= 4 is 5.91 Å². The van der Waals surface area contributed by atoms with Crippen LogP contribution in [0.5, 0.6) is 11.5 Å². The van der Waals surface area contributed by atoms with Crippen LogP contribution in [0.1, 0.15) is 35.9 Å². The van der Waals surface area contributed by atoms with E-state index in [1.807, 2.05) is 26.1 Å². The normalized spacial score (nSPS) is 12.1. The van der Waals surface area contributed by atoms with Crippen LogP contribution in [-0.4, -0.2) is 29.4 Å². The highest BCUT2D eigenvalue weighted by atomic mass is 19.3. The molecule has 0 saturated heterocycles. The van der Waals surface area contributed by atoms with Crippen molar-refractivity contribution in [1.29, 1.82) is 0 Å². The molecule has 0 bridgehead atoms. The molecular formula is C16H19F2N3O3. The Hall–Kier alpha value is -2.64. The number of nitrogens with one attached hydrogen (secondary N) is 1. The molecule has 0 spiro atoms. The van der Waals surface area contributed by atoms with Gasteiger partial charge in [0.2, 0.25) is 0 Å². The molecule has 0 radical (unpaired) electrons. The second kappa shape index (κ2) is 7.76. The molecule has 0 aliphatic heterocycles. The first-order valence-corrected chi connectivity index (χ1v) is 7.41. The van der Waals surface area contributed by atoms with Crippen LogP contribution in [0.3, 0.4) is 0 Å². The summed E-state index contributed by atoms with van der Waals surface area (Å²) in [5.74, 6) is -0.430. The topological polar surface area (TPSA) is 65.4 Å². The molecule has 1 aromatic heterocycles. The third-order valence-corrected chi connectivity index (χ3v) is 3.42. The molecule has 8 heteroatoms. The van der Waals surface area contributed by atoms with Crippen molar-refractivity contribution < 1.29 is 23.0 Å². The van der Waals surface area contributed by atoms with Crippen LogP contribution in [0.15, 0.2) is 30.5 Å². The summed E-state index contributed by atoms with van der Waals surface area (Å²) in [5, 5.41) is 7.13. The predicted octanol–water partition coefficient (Wildman–Crippen LogP) is 3.00. The number of carbonyl (C=O) groups excluding carboxylic acids is 1. The number of nitrogens with zero attached hydrogens (tertiary/aromatic N) is 2. The molecule has 1 aromatic carbocycles. The molecule has 2 rings (SSSR count). The van der Waals surface area contributed by atoms with E-state index in [0.717, 1.165) is 12.2 Å². The van der Waals surface area contributed by atoms with Crippen molar-refractivity contribution in [2.75, 3.05) is 7.11 Å². The van der Waals surface area contributed by atoms with E-state index in [1.165, 1.54) is 25.3 Å². The molecule has 1 heterocycles. The summed E-state index contributed by atoms with van der Waals surface area (Å²) in [6.45, 7) is 1.55.